The van der Waals surface area contributed by atoms with Gasteiger partial charge in [0, 0.05) is 0 Å². The highest BCUT2D eigenvalue weighted by Crippen LogP contribution is 2.53. The minimum atomic E-state index is -1.43. The van der Waals surface area contributed by atoms with Gasteiger partial charge in [-0.1, -0.05) is 30.3 Å². The molecule has 0 unspecified atom stereocenters. The van der Waals surface area contributed by atoms with Crippen molar-refractivity contribution in [3.63, 3.8) is 0 Å². The average Bonchev–Trinajstić information content (AvgIpc) is 3.11. The van der Waals surface area contributed by atoms with E-state index in [4.69, 9.17) is 14.6 Å². The maximum Gasteiger partial charge on any atom is 0.374 e. The lowest BCUT2D eigenvalue weighted by Crippen LogP contribution is -2.09. The molecule has 6 nitrogen and oxygen atoms in total. The summed E-state index contributed by atoms with van der Waals surface area (Å²) in [5.74, 6) is -3.28. The zero-order valence-electron chi connectivity index (χ0n) is 10.4. The SMILES string of the molecule is O=C(O)c1nc(C2(c3ccccc3)CC2)oc1C(=O)O. The van der Waals surface area contributed by atoms with Gasteiger partial charge in [-0.25, -0.2) is 14.6 Å². The van der Waals surface area contributed by atoms with Crippen molar-refractivity contribution in [2.75, 3.05) is 0 Å². The van der Waals surface area contributed by atoms with E-state index < -0.39 is 28.8 Å². The van der Waals surface area contributed by atoms with E-state index in [1.807, 2.05) is 30.3 Å². The van der Waals surface area contributed by atoms with Gasteiger partial charge >= 0.3 is 11.9 Å². The Hall–Kier alpha value is -2.63. The van der Waals surface area contributed by atoms with Gasteiger partial charge in [0.2, 0.25) is 17.3 Å². The zero-order valence-corrected chi connectivity index (χ0v) is 10.4. The highest BCUT2D eigenvalue weighted by atomic mass is 16.4. The number of aromatic nitrogens is 1. The van der Waals surface area contributed by atoms with E-state index in [9.17, 15) is 9.59 Å². The summed E-state index contributed by atoms with van der Waals surface area (Å²) in [4.78, 5) is 26.0. The molecule has 0 aliphatic heterocycles. The third kappa shape index (κ3) is 1.77. The van der Waals surface area contributed by atoms with Crippen LogP contribution in [0, 0.1) is 0 Å². The number of aromatic carboxylic acids is 2. The molecule has 0 atom stereocenters. The van der Waals surface area contributed by atoms with Crippen LogP contribution in [-0.2, 0) is 5.41 Å². The first-order valence-electron chi connectivity index (χ1n) is 6.08. The highest BCUT2D eigenvalue weighted by molar-refractivity contribution is 5.98. The third-order valence-corrected chi connectivity index (χ3v) is 3.51. The molecule has 0 bridgehead atoms. The van der Waals surface area contributed by atoms with E-state index in [2.05, 4.69) is 4.98 Å². The van der Waals surface area contributed by atoms with Gasteiger partial charge in [0.05, 0.1) is 5.41 Å². The van der Waals surface area contributed by atoms with Crippen LogP contribution in [0.15, 0.2) is 34.7 Å². The fourth-order valence-electron chi connectivity index (χ4n) is 2.32. The van der Waals surface area contributed by atoms with Crippen molar-refractivity contribution in [1.29, 1.82) is 0 Å². The van der Waals surface area contributed by atoms with Gasteiger partial charge in [0.25, 0.3) is 0 Å². The lowest BCUT2D eigenvalue weighted by atomic mass is 9.96. The molecule has 0 radical (unpaired) electrons. The Balaban J connectivity index is 2.10. The summed E-state index contributed by atoms with van der Waals surface area (Å²) in [5, 5.41) is 18.0. The highest BCUT2D eigenvalue weighted by Gasteiger charge is 2.51. The van der Waals surface area contributed by atoms with E-state index in [0.29, 0.717) is 0 Å². The molecule has 6 heteroatoms. The fraction of sp³-hybridized carbons (Fsp3) is 0.214. The van der Waals surface area contributed by atoms with Gasteiger partial charge in [-0.15, -0.1) is 0 Å². The first-order valence-corrected chi connectivity index (χ1v) is 6.08. The number of carbonyl (C=O) groups is 2. The minimum absolute atomic E-state index is 0.165. The largest absolute Gasteiger partial charge is 0.476 e. The van der Waals surface area contributed by atoms with Crippen LogP contribution in [-0.4, -0.2) is 27.1 Å². The molecule has 1 saturated carbocycles. The topological polar surface area (TPSA) is 101 Å². The molecule has 3 rings (SSSR count). The summed E-state index contributed by atoms with van der Waals surface area (Å²) in [6.07, 6.45) is 1.52. The third-order valence-electron chi connectivity index (χ3n) is 3.51. The van der Waals surface area contributed by atoms with Crippen LogP contribution in [0.1, 0.15) is 45.3 Å². The Morgan fingerprint density at radius 2 is 1.75 bits per heavy atom. The normalized spacial score (nSPS) is 15.8. The molecule has 0 spiro atoms. The Morgan fingerprint density at radius 1 is 1.10 bits per heavy atom. The Kier molecular flexibility index (Phi) is 2.60. The molecular formula is C14H11NO5. The van der Waals surface area contributed by atoms with Crippen molar-refractivity contribution in [2.24, 2.45) is 0 Å². The van der Waals surface area contributed by atoms with Crippen molar-refractivity contribution in [3.8, 4) is 0 Å². The number of carboxylic acid groups (broad SMARTS) is 2. The number of rotatable bonds is 4. The summed E-state index contributed by atoms with van der Waals surface area (Å²) in [6.45, 7) is 0. The second-order valence-electron chi connectivity index (χ2n) is 4.76. The number of oxazole rings is 1. The van der Waals surface area contributed by atoms with Crippen LogP contribution in [0.4, 0.5) is 0 Å². The van der Waals surface area contributed by atoms with E-state index in [1.165, 1.54) is 0 Å². The quantitative estimate of drug-likeness (QED) is 0.885. The minimum Gasteiger partial charge on any atom is -0.476 e. The molecule has 20 heavy (non-hydrogen) atoms. The van der Waals surface area contributed by atoms with Crippen LogP contribution in [0.5, 0.6) is 0 Å². The Bertz CT molecular complexity index is 653. The number of carboxylic acids is 2. The standard InChI is InChI=1S/C14H11NO5/c16-11(17)9-10(12(18)19)20-13(15-9)14(6-7-14)8-4-2-1-3-5-8/h1-5H,6-7H2,(H,16,17)(H,18,19). The van der Waals surface area contributed by atoms with Crippen LogP contribution in [0.3, 0.4) is 0 Å². The van der Waals surface area contributed by atoms with E-state index in [-0.39, 0.29) is 5.89 Å². The van der Waals surface area contributed by atoms with Crippen molar-refractivity contribution in [1.82, 2.24) is 4.98 Å². The van der Waals surface area contributed by atoms with Gasteiger partial charge in [-0.2, -0.15) is 0 Å². The first-order chi connectivity index (χ1) is 9.54. The molecule has 1 heterocycles. The van der Waals surface area contributed by atoms with E-state index in [0.717, 1.165) is 18.4 Å². The maximum absolute atomic E-state index is 11.0. The van der Waals surface area contributed by atoms with Gasteiger partial charge in [-0.3, -0.25) is 0 Å². The lowest BCUT2D eigenvalue weighted by Gasteiger charge is -2.10. The van der Waals surface area contributed by atoms with Crippen LogP contribution in [0.25, 0.3) is 0 Å². The van der Waals surface area contributed by atoms with Gasteiger partial charge in [0.15, 0.2) is 0 Å². The predicted molar refractivity (Wildman–Crippen MR) is 66.9 cm³/mol. The summed E-state index contributed by atoms with van der Waals surface area (Å²) in [7, 11) is 0. The zero-order chi connectivity index (χ0) is 14.3. The molecule has 1 fully saturated rings. The van der Waals surface area contributed by atoms with Gasteiger partial charge in [-0.05, 0) is 18.4 Å². The van der Waals surface area contributed by atoms with Crippen molar-refractivity contribution in [2.45, 2.75) is 18.3 Å². The second-order valence-corrected chi connectivity index (χ2v) is 4.76. The van der Waals surface area contributed by atoms with Crippen LogP contribution in [0.2, 0.25) is 0 Å². The van der Waals surface area contributed by atoms with Crippen LogP contribution >= 0.6 is 0 Å². The molecule has 2 aromatic rings. The maximum atomic E-state index is 11.0. The van der Waals surface area contributed by atoms with Gasteiger partial charge in [0.1, 0.15) is 0 Å². The number of hydrogen-bond donors (Lipinski definition) is 2. The molecule has 1 aromatic heterocycles. The summed E-state index contributed by atoms with van der Waals surface area (Å²) < 4.78 is 5.23. The van der Waals surface area contributed by atoms with Crippen molar-refractivity contribution < 1.29 is 24.2 Å². The van der Waals surface area contributed by atoms with Crippen molar-refractivity contribution in [3.05, 3.63) is 53.2 Å². The Labute approximate surface area is 113 Å². The molecule has 102 valence electrons. The second kappa shape index (κ2) is 4.19. The molecule has 0 amide bonds. The smallest absolute Gasteiger partial charge is 0.374 e. The van der Waals surface area contributed by atoms with E-state index >= 15 is 0 Å². The molecule has 1 aromatic carbocycles. The molecular weight excluding hydrogens is 262 g/mol. The number of hydrogen-bond acceptors (Lipinski definition) is 4. The number of nitrogens with zero attached hydrogens (tertiary/aromatic N) is 1. The summed E-state index contributed by atoms with van der Waals surface area (Å²) in [6, 6.07) is 9.42. The summed E-state index contributed by atoms with van der Waals surface area (Å²) >= 11 is 0. The summed E-state index contributed by atoms with van der Waals surface area (Å²) in [5.41, 5.74) is -0.0797. The predicted octanol–water partition coefficient (Wildman–Crippen LogP) is 2.15. The molecule has 2 N–H and O–H groups in total. The first kappa shape index (κ1) is 12.4. The molecule has 0 saturated heterocycles. The Morgan fingerprint density at radius 3 is 2.20 bits per heavy atom. The van der Waals surface area contributed by atoms with Crippen molar-refractivity contribution >= 4 is 11.9 Å². The fourth-order valence-corrected chi connectivity index (χ4v) is 2.32. The number of benzene rings is 1. The molecule has 1 aliphatic carbocycles. The monoisotopic (exact) mass is 273 g/mol. The lowest BCUT2D eigenvalue weighted by molar-refractivity contribution is 0.0622. The van der Waals surface area contributed by atoms with E-state index in [1.54, 1.807) is 0 Å². The van der Waals surface area contributed by atoms with Gasteiger partial charge < -0.3 is 14.6 Å². The average molecular weight is 273 g/mol. The van der Waals surface area contributed by atoms with Crippen LogP contribution < -0.4 is 0 Å². The molecule has 1 aliphatic rings.